The highest BCUT2D eigenvalue weighted by Gasteiger charge is 2.26. The minimum absolute atomic E-state index is 0.105. The van der Waals surface area contributed by atoms with Crippen LogP contribution < -0.4 is 11.1 Å². The zero-order valence-corrected chi connectivity index (χ0v) is 9.61. The number of thioether (sulfide) groups is 1. The molecule has 3 nitrogen and oxygen atoms in total. The summed E-state index contributed by atoms with van der Waals surface area (Å²) in [7, 11) is 0. The second-order valence-corrected chi connectivity index (χ2v) is 5.02. The van der Waals surface area contributed by atoms with Crippen molar-refractivity contribution >= 4 is 17.7 Å². The number of amides is 1. The number of rotatable bonds is 8. The molecule has 1 fully saturated rings. The molecule has 0 aromatic rings. The van der Waals surface area contributed by atoms with E-state index in [4.69, 9.17) is 5.73 Å². The van der Waals surface area contributed by atoms with E-state index in [1.54, 1.807) is 0 Å². The van der Waals surface area contributed by atoms with Crippen molar-refractivity contribution in [2.45, 2.75) is 44.7 Å². The Morgan fingerprint density at radius 1 is 1.57 bits per heavy atom. The maximum atomic E-state index is 11.1. The van der Waals surface area contributed by atoms with Gasteiger partial charge in [-0.1, -0.05) is 6.92 Å². The van der Waals surface area contributed by atoms with Gasteiger partial charge in [-0.3, -0.25) is 4.79 Å². The van der Waals surface area contributed by atoms with E-state index >= 15 is 0 Å². The molecule has 1 aliphatic rings. The summed E-state index contributed by atoms with van der Waals surface area (Å²) in [6, 6.07) is 0.454. The maximum Gasteiger partial charge on any atom is 0.234 e. The van der Waals surface area contributed by atoms with Gasteiger partial charge >= 0.3 is 0 Å². The Morgan fingerprint density at radius 2 is 2.29 bits per heavy atom. The second kappa shape index (κ2) is 6.30. The molecule has 3 N–H and O–H groups in total. The molecule has 1 atom stereocenters. The predicted molar refractivity (Wildman–Crippen MR) is 61.4 cm³/mol. The van der Waals surface area contributed by atoms with Gasteiger partial charge in [-0.15, -0.1) is 0 Å². The SMILES string of the molecule is CCCSCCC(NC1CC1)C(N)=O. The molecular weight excluding hydrogens is 196 g/mol. The normalized spacial score (nSPS) is 18.1. The fourth-order valence-electron chi connectivity index (χ4n) is 1.29. The highest BCUT2D eigenvalue weighted by Crippen LogP contribution is 2.20. The smallest absolute Gasteiger partial charge is 0.234 e. The van der Waals surface area contributed by atoms with E-state index in [1.165, 1.54) is 25.0 Å². The average molecular weight is 216 g/mol. The molecule has 14 heavy (non-hydrogen) atoms. The third-order valence-corrected chi connectivity index (χ3v) is 3.48. The Kier molecular flexibility index (Phi) is 5.33. The summed E-state index contributed by atoms with van der Waals surface area (Å²) >= 11 is 1.90. The van der Waals surface area contributed by atoms with E-state index in [9.17, 15) is 4.79 Å². The lowest BCUT2D eigenvalue weighted by Gasteiger charge is -2.14. The van der Waals surface area contributed by atoms with Crippen LogP contribution in [0.3, 0.4) is 0 Å². The first-order chi connectivity index (χ1) is 6.74. The number of nitrogens with one attached hydrogen (secondary N) is 1. The van der Waals surface area contributed by atoms with Gasteiger partial charge in [-0.2, -0.15) is 11.8 Å². The van der Waals surface area contributed by atoms with Crippen LogP contribution in [0.5, 0.6) is 0 Å². The van der Waals surface area contributed by atoms with Gasteiger partial charge in [-0.25, -0.2) is 0 Å². The molecule has 4 heteroatoms. The molecule has 1 amide bonds. The molecule has 82 valence electrons. The molecule has 1 saturated carbocycles. The molecule has 0 heterocycles. The molecule has 0 saturated heterocycles. The number of nitrogens with two attached hydrogens (primary N) is 1. The first kappa shape index (κ1) is 11.9. The average Bonchev–Trinajstić information content (AvgIpc) is 2.93. The number of carbonyl (C=O) groups is 1. The number of carbonyl (C=O) groups excluding carboxylic acids is 1. The maximum absolute atomic E-state index is 11.1. The van der Waals surface area contributed by atoms with Crippen LogP contribution in [0.2, 0.25) is 0 Å². The Balaban J connectivity index is 2.10. The zero-order chi connectivity index (χ0) is 10.4. The standard InChI is InChI=1S/C10H20N2OS/c1-2-6-14-7-5-9(10(11)13)12-8-3-4-8/h8-9,12H,2-7H2,1H3,(H2,11,13). The van der Waals surface area contributed by atoms with Crippen LogP contribution in [-0.2, 0) is 4.79 Å². The monoisotopic (exact) mass is 216 g/mol. The quantitative estimate of drug-likeness (QED) is 0.598. The lowest BCUT2D eigenvalue weighted by atomic mass is 10.2. The van der Waals surface area contributed by atoms with Gasteiger partial charge < -0.3 is 11.1 Å². The van der Waals surface area contributed by atoms with Crippen LogP contribution in [0.4, 0.5) is 0 Å². The Labute approximate surface area is 90.2 Å². The fourth-order valence-corrected chi connectivity index (χ4v) is 2.18. The van der Waals surface area contributed by atoms with Gasteiger partial charge in [0.1, 0.15) is 0 Å². The van der Waals surface area contributed by atoms with E-state index in [-0.39, 0.29) is 11.9 Å². The summed E-state index contributed by atoms with van der Waals surface area (Å²) in [5, 5.41) is 3.28. The number of hydrogen-bond donors (Lipinski definition) is 2. The molecule has 0 bridgehead atoms. The Hall–Kier alpha value is -0.220. The third-order valence-electron chi connectivity index (χ3n) is 2.26. The van der Waals surface area contributed by atoms with Gasteiger partial charge in [0.15, 0.2) is 0 Å². The van der Waals surface area contributed by atoms with Crippen LogP contribution in [0.1, 0.15) is 32.6 Å². The molecule has 1 unspecified atom stereocenters. The van der Waals surface area contributed by atoms with Crippen molar-refractivity contribution < 1.29 is 4.79 Å². The topological polar surface area (TPSA) is 55.1 Å². The lowest BCUT2D eigenvalue weighted by molar-refractivity contribution is -0.120. The van der Waals surface area contributed by atoms with E-state index in [1.807, 2.05) is 11.8 Å². The first-order valence-corrected chi connectivity index (χ1v) is 6.52. The van der Waals surface area contributed by atoms with Crippen molar-refractivity contribution in [1.29, 1.82) is 0 Å². The molecular formula is C10H20N2OS. The van der Waals surface area contributed by atoms with Gasteiger partial charge in [0, 0.05) is 6.04 Å². The molecule has 0 aromatic carbocycles. The minimum atomic E-state index is -0.200. The summed E-state index contributed by atoms with van der Waals surface area (Å²) in [6.45, 7) is 2.17. The van der Waals surface area contributed by atoms with Crippen molar-refractivity contribution in [1.82, 2.24) is 5.32 Å². The van der Waals surface area contributed by atoms with E-state index in [0.29, 0.717) is 6.04 Å². The molecule has 1 rings (SSSR count). The fraction of sp³-hybridized carbons (Fsp3) is 0.900. The summed E-state index contributed by atoms with van der Waals surface area (Å²) in [5.74, 6) is 2.00. The molecule has 0 radical (unpaired) electrons. The highest BCUT2D eigenvalue weighted by molar-refractivity contribution is 7.99. The highest BCUT2D eigenvalue weighted by atomic mass is 32.2. The van der Waals surface area contributed by atoms with Gasteiger partial charge in [0.05, 0.1) is 6.04 Å². The molecule has 0 aromatic heterocycles. The molecule has 0 aliphatic heterocycles. The summed E-state index contributed by atoms with van der Waals surface area (Å²) < 4.78 is 0. The van der Waals surface area contributed by atoms with Crippen molar-refractivity contribution in [3.05, 3.63) is 0 Å². The van der Waals surface area contributed by atoms with E-state index in [0.717, 1.165) is 12.2 Å². The zero-order valence-electron chi connectivity index (χ0n) is 8.79. The van der Waals surface area contributed by atoms with E-state index < -0.39 is 0 Å². The Bertz CT molecular complexity index is 183. The predicted octanol–water partition coefficient (Wildman–Crippen LogP) is 1.13. The molecule has 1 aliphatic carbocycles. The van der Waals surface area contributed by atoms with Crippen molar-refractivity contribution in [2.75, 3.05) is 11.5 Å². The van der Waals surface area contributed by atoms with E-state index in [2.05, 4.69) is 12.2 Å². The van der Waals surface area contributed by atoms with Crippen LogP contribution >= 0.6 is 11.8 Å². The van der Waals surface area contributed by atoms with Crippen LogP contribution in [-0.4, -0.2) is 29.5 Å². The summed E-state index contributed by atoms with van der Waals surface area (Å²) in [6.07, 6.45) is 4.47. The lowest BCUT2D eigenvalue weighted by Crippen LogP contribution is -2.42. The summed E-state index contributed by atoms with van der Waals surface area (Å²) in [4.78, 5) is 11.1. The second-order valence-electron chi connectivity index (χ2n) is 3.80. The van der Waals surface area contributed by atoms with Gasteiger partial charge in [0.2, 0.25) is 5.91 Å². The third kappa shape index (κ3) is 4.86. The van der Waals surface area contributed by atoms with Gasteiger partial charge in [0.25, 0.3) is 0 Å². The molecule has 0 spiro atoms. The largest absolute Gasteiger partial charge is 0.368 e. The number of hydrogen-bond acceptors (Lipinski definition) is 3. The van der Waals surface area contributed by atoms with Crippen molar-refractivity contribution in [3.63, 3.8) is 0 Å². The van der Waals surface area contributed by atoms with Crippen LogP contribution in [0, 0.1) is 0 Å². The Morgan fingerprint density at radius 3 is 2.79 bits per heavy atom. The van der Waals surface area contributed by atoms with Crippen LogP contribution in [0.25, 0.3) is 0 Å². The van der Waals surface area contributed by atoms with Gasteiger partial charge in [-0.05, 0) is 37.2 Å². The van der Waals surface area contributed by atoms with Crippen molar-refractivity contribution in [2.24, 2.45) is 5.73 Å². The number of primary amides is 1. The first-order valence-electron chi connectivity index (χ1n) is 5.37. The van der Waals surface area contributed by atoms with Crippen molar-refractivity contribution in [3.8, 4) is 0 Å². The van der Waals surface area contributed by atoms with Crippen LogP contribution in [0.15, 0.2) is 0 Å². The summed E-state index contributed by atoms with van der Waals surface area (Å²) in [5.41, 5.74) is 5.32. The minimum Gasteiger partial charge on any atom is -0.368 e.